The molecule has 0 unspecified atom stereocenters. The fraction of sp³-hybridized carbons (Fsp3) is 0.0909. The molecule has 0 atom stereocenters. The number of amides is 1. The Balaban J connectivity index is 1.51. The molecule has 5 nitrogen and oxygen atoms in total. The molecule has 0 saturated heterocycles. The van der Waals surface area contributed by atoms with Crippen LogP contribution >= 0.6 is 0 Å². The maximum atomic E-state index is 12.6. The van der Waals surface area contributed by atoms with Crippen LogP contribution in [0.5, 0.6) is 5.75 Å². The van der Waals surface area contributed by atoms with Gasteiger partial charge in [-0.25, -0.2) is 4.79 Å². The first kappa shape index (κ1) is 16.8. The van der Waals surface area contributed by atoms with Crippen molar-refractivity contribution in [1.29, 1.82) is 0 Å². The number of rotatable bonds is 4. The van der Waals surface area contributed by atoms with Gasteiger partial charge in [-0.3, -0.25) is 9.55 Å². The maximum absolute atomic E-state index is 12.6. The molecule has 0 bridgehead atoms. The maximum Gasteiger partial charge on any atom is 0.330 e. The van der Waals surface area contributed by atoms with E-state index in [0.717, 1.165) is 33.5 Å². The van der Waals surface area contributed by atoms with Crippen molar-refractivity contribution in [3.05, 3.63) is 90.4 Å². The highest BCUT2D eigenvalue weighted by molar-refractivity contribution is 5.98. The van der Waals surface area contributed by atoms with E-state index in [4.69, 9.17) is 4.74 Å². The van der Waals surface area contributed by atoms with Crippen molar-refractivity contribution in [1.82, 2.24) is 9.55 Å². The van der Waals surface area contributed by atoms with Gasteiger partial charge in [0.2, 0.25) is 0 Å². The second-order valence-corrected chi connectivity index (χ2v) is 6.35. The van der Waals surface area contributed by atoms with Gasteiger partial charge < -0.3 is 10.1 Å². The number of hydrogen-bond donors (Lipinski definition) is 1. The molecule has 0 saturated carbocycles. The van der Waals surface area contributed by atoms with Crippen LogP contribution < -0.4 is 10.1 Å². The lowest BCUT2D eigenvalue weighted by atomic mass is 10.2. The highest BCUT2D eigenvalue weighted by Gasteiger charge is 2.10. The van der Waals surface area contributed by atoms with E-state index in [1.165, 1.54) is 0 Å². The molecule has 4 rings (SSSR count). The first-order valence-electron chi connectivity index (χ1n) is 8.70. The summed E-state index contributed by atoms with van der Waals surface area (Å²) in [5, 5.41) is 3.87. The Labute approximate surface area is 157 Å². The molecule has 0 aliphatic rings. The normalized spacial score (nSPS) is 10.7. The molecule has 0 spiro atoms. The van der Waals surface area contributed by atoms with Gasteiger partial charge >= 0.3 is 6.03 Å². The minimum Gasteiger partial charge on any atom is -0.489 e. The van der Waals surface area contributed by atoms with Crippen molar-refractivity contribution in [2.75, 3.05) is 5.32 Å². The van der Waals surface area contributed by atoms with Gasteiger partial charge in [-0.2, -0.15) is 0 Å². The molecular weight excluding hydrogens is 338 g/mol. The summed E-state index contributed by atoms with van der Waals surface area (Å²) in [5.74, 6) is 0.760. The number of carbonyl (C=O) groups is 1. The third-order valence-corrected chi connectivity index (χ3v) is 4.30. The topological polar surface area (TPSA) is 56.2 Å². The molecule has 0 aliphatic heterocycles. The quantitative estimate of drug-likeness (QED) is 0.559. The lowest BCUT2D eigenvalue weighted by Crippen LogP contribution is -2.18. The van der Waals surface area contributed by atoms with E-state index in [-0.39, 0.29) is 6.03 Å². The average molecular weight is 357 g/mol. The third-order valence-electron chi connectivity index (χ3n) is 4.30. The van der Waals surface area contributed by atoms with E-state index >= 15 is 0 Å². The smallest absolute Gasteiger partial charge is 0.330 e. The molecule has 2 heterocycles. The number of carbonyl (C=O) groups excluding carboxylic acids is 1. The molecule has 1 amide bonds. The molecular formula is C22H19N3O2. The predicted molar refractivity (Wildman–Crippen MR) is 106 cm³/mol. The molecule has 5 heteroatoms. The first-order valence-corrected chi connectivity index (χ1v) is 8.70. The summed E-state index contributed by atoms with van der Waals surface area (Å²) in [6.45, 7) is 2.47. The van der Waals surface area contributed by atoms with E-state index in [1.54, 1.807) is 23.2 Å². The van der Waals surface area contributed by atoms with Gasteiger partial charge in [0.1, 0.15) is 12.4 Å². The number of aromatic nitrogens is 2. The lowest BCUT2D eigenvalue weighted by Gasteiger charge is -2.09. The first-order chi connectivity index (χ1) is 13.2. The molecule has 0 aliphatic carbocycles. The van der Waals surface area contributed by atoms with E-state index in [1.807, 2.05) is 67.6 Å². The number of hydrogen-bond acceptors (Lipinski definition) is 3. The fourth-order valence-electron chi connectivity index (χ4n) is 2.94. The predicted octanol–water partition coefficient (Wildman–Crippen LogP) is 5.00. The van der Waals surface area contributed by atoms with Gasteiger partial charge in [-0.1, -0.05) is 12.1 Å². The van der Waals surface area contributed by atoms with Crippen molar-refractivity contribution in [2.45, 2.75) is 13.5 Å². The van der Waals surface area contributed by atoms with Crippen LogP contribution in [0.1, 0.15) is 11.1 Å². The Hall–Kier alpha value is -3.60. The summed E-state index contributed by atoms with van der Waals surface area (Å²) < 4.78 is 7.44. The Bertz CT molecular complexity index is 1090. The average Bonchev–Trinajstić information content (AvgIpc) is 3.10. The molecule has 2 aromatic carbocycles. The molecule has 1 N–H and O–H groups in total. The van der Waals surface area contributed by atoms with Crippen LogP contribution in [-0.2, 0) is 6.61 Å². The molecule has 134 valence electrons. The summed E-state index contributed by atoms with van der Waals surface area (Å²) in [6, 6.07) is 19.0. The van der Waals surface area contributed by atoms with Gasteiger partial charge in [0, 0.05) is 29.7 Å². The van der Waals surface area contributed by atoms with Crippen LogP contribution in [0.25, 0.3) is 10.9 Å². The molecule has 0 radical (unpaired) electrons. The molecule has 27 heavy (non-hydrogen) atoms. The summed E-state index contributed by atoms with van der Waals surface area (Å²) in [4.78, 5) is 16.6. The number of benzene rings is 2. The zero-order valence-corrected chi connectivity index (χ0v) is 14.9. The number of nitrogens with one attached hydrogen (secondary N) is 1. The van der Waals surface area contributed by atoms with E-state index in [2.05, 4.69) is 10.3 Å². The van der Waals surface area contributed by atoms with Gasteiger partial charge in [-0.05, 0) is 66.6 Å². The standard InChI is InChI=1S/C22H19N3O2/c1-16-3-2-4-19(13-16)24-22(26)25-12-9-18-14-20(5-6-21(18)25)27-15-17-7-10-23-11-8-17/h2-14H,15H2,1H3,(H,24,26). The largest absolute Gasteiger partial charge is 0.489 e. The van der Waals surface area contributed by atoms with E-state index in [9.17, 15) is 4.79 Å². The molecule has 2 aromatic heterocycles. The van der Waals surface area contributed by atoms with Crippen LogP contribution in [0, 0.1) is 6.92 Å². The van der Waals surface area contributed by atoms with Gasteiger partial charge in [-0.15, -0.1) is 0 Å². The van der Waals surface area contributed by atoms with Crippen molar-refractivity contribution < 1.29 is 9.53 Å². The summed E-state index contributed by atoms with van der Waals surface area (Å²) in [7, 11) is 0. The van der Waals surface area contributed by atoms with Gasteiger partial charge in [0.15, 0.2) is 0 Å². The number of ether oxygens (including phenoxy) is 1. The van der Waals surface area contributed by atoms with Crippen molar-refractivity contribution >= 4 is 22.6 Å². The third kappa shape index (κ3) is 3.82. The van der Waals surface area contributed by atoms with Crippen LogP contribution in [0.2, 0.25) is 0 Å². The SMILES string of the molecule is Cc1cccc(NC(=O)n2ccc3cc(OCc4ccncc4)ccc32)c1. The van der Waals surface area contributed by atoms with Crippen molar-refractivity contribution in [3.8, 4) is 5.75 Å². The Morgan fingerprint density at radius 3 is 2.74 bits per heavy atom. The molecule has 4 aromatic rings. The second kappa shape index (κ2) is 7.33. The van der Waals surface area contributed by atoms with Crippen LogP contribution in [-0.4, -0.2) is 15.6 Å². The molecule has 0 fully saturated rings. The Kier molecular flexibility index (Phi) is 4.58. The minimum atomic E-state index is -0.193. The Morgan fingerprint density at radius 1 is 1.07 bits per heavy atom. The van der Waals surface area contributed by atoms with E-state index < -0.39 is 0 Å². The number of nitrogens with zero attached hydrogens (tertiary/aromatic N) is 2. The van der Waals surface area contributed by atoms with Crippen molar-refractivity contribution in [3.63, 3.8) is 0 Å². The van der Waals surface area contributed by atoms with Crippen molar-refractivity contribution in [2.24, 2.45) is 0 Å². The summed E-state index contributed by atoms with van der Waals surface area (Å²) in [6.07, 6.45) is 5.26. The zero-order chi connectivity index (χ0) is 18.6. The fourth-order valence-corrected chi connectivity index (χ4v) is 2.94. The summed E-state index contributed by atoms with van der Waals surface area (Å²) >= 11 is 0. The Morgan fingerprint density at radius 2 is 1.93 bits per heavy atom. The number of fused-ring (bicyclic) bond motifs is 1. The zero-order valence-electron chi connectivity index (χ0n) is 14.9. The number of pyridine rings is 1. The van der Waals surface area contributed by atoms with E-state index in [0.29, 0.717) is 6.61 Å². The second-order valence-electron chi connectivity index (χ2n) is 6.35. The minimum absolute atomic E-state index is 0.193. The van der Waals surface area contributed by atoms with Crippen LogP contribution in [0.3, 0.4) is 0 Å². The van der Waals surface area contributed by atoms with Gasteiger partial charge in [0.05, 0.1) is 5.52 Å². The highest BCUT2D eigenvalue weighted by Crippen LogP contribution is 2.23. The monoisotopic (exact) mass is 357 g/mol. The highest BCUT2D eigenvalue weighted by atomic mass is 16.5. The lowest BCUT2D eigenvalue weighted by molar-refractivity contribution is 0.254. The van der Waals surface area contributed by atoms with Gasteiger partial charge in [0.25, 0.3) is 0 Å². The summed E-state index contributed by atoms with van der Waals surface area (Å²) in [5.41, 5.74) is 3.76. The number of aryl methyl sites for hydroxylation is 1. The van der Waals surface area contributed by atoms with Crippen LogP contribution in [0.4, 0.5) is 10.5 Å². The number of anilines is 1. The van der Waals surface area contributed by atoms with Crippen LogP contribution in [0.15, 0.2) is 79.3 Å².